The smallest absolute Gasteiger partial charge is 0.143 e. The van der Waals surface area contributed by atoms with Gasteiger partial charge in [-0.05, 0) is 49.8 Å². The molecule has 1 aliphatic rings. The summed E-state index contributed by atoms with van der Waals surface area (Å²) >= 11 is 0. The first-order valence-corrected chi connectivity index (χ1v) is 4.16. The van der Waals surface area contributed by atoms with E-state index in [0.717, 1.165) is 18.3 Å². The van der Waals surface area contributed by atoms with Crippen molar-refractivity contribution in [1.82, 2.24) is 0 Å². The van der Waals surface area contributed by atoms with E-state index in [1.165, 1.54) is 24.8 Å². The van der Waals surface area contributed by atoms with Crippen molar-refractivity contribution < 1.29 is 4.79 Å². The maximum atomic E-state index is 10.2. The number of carbonyl (C=O) groups is 1. The molecular weight excluding hydrogens is 136 g/mol. The third kappa shape index (κ3) is 2.34. The van der Waals surface area contributed by atoms with E-state index in [9.17, 15) is 4.79 Å². The lowest BCUT2D eigenvalue weighted by atomic mass is 9.94. The van der Waals surface area contributed by atoms with Crippen LogP contribution in [-0.2, 0) is 4.79 Å². The molecule has 0 amide bonds. The van der Waals surface area contributed by atoms with Gasteiger partial charge in [0.1, 0.15) is 6.29 Å². The summed E-state index contributed by atoms with van der Waals surface area (Å²) in [5.74, 6) is 0. The Morgan fingerprint density at radius 2 is 2.36 bits per heavy atom. The molecule has 0 aromatic rings. The first-order valence-electron chi connectivity index (χ1n) is 4.16. The van der Waals surface area contributed by atoms with E-state index >= 15 is 0 Å². The van der Waals surface area contributed by atoms with Gasteiger partial charge in [-0.1, -0.05) is 6.08 Å². The summed E-state index contributed by atoms with van der Waals surface area (Å²) in [6.07, 6.45) is 9.67. The quantitative estimate of drug-likeness (QED) is 0.437. The molecule has 0 aromatic carbocycles. The molecule has 0 heterocycles. The summed E-state index contributed by atoms with van der Waals surface area (Å²) < 4.78 is 0. The summed E-state index contributed by atoms with van der Waals surface area (Å²) in [4.78, 5) is 10.2. The highest BCUT2D eigenvalue weighted by Gasteiger charge is 2.03. The van der Waals surface area contributed by atoms with E-state index in [1.807, 2.05) is 6.92 Å². The van der Waals surface area contributed by atoms with Gasteiger partial charge in [0.25, 0.3) is 0 Å². The second kappa shape index (κ2) is 4.12. The first-order chi connectivity index (χ1) is 5.34. The molecule has 1 heteroatoms. The zero-order valence-electron chi connectivity index (χ0n) is 6.97. The minimum atomic E-state index is 0.866. The average molecular weight is 150 g/mol. The molecule has 0 saturated carbocycles. The van der Waals surface area contributed by atoms with Crippen LogP contribution in [0.1, 0.15) is 32.6 Å². The minimum Gasteiger partial charge on any atom is -0.299 e. The molecule has 0 saturated heterocycles. The Morgan fingerprint density at radius 1 is 1.55 bits per heavy atom. The summed E-state index contributed by atoms with van der Waals surface area (Å²) in [6, 6.07) is 0. The number of hydrogen-bond donors (Lipinski definition) is 0. The monoisotopic (exact) mass is 150 g/mol. The van der Waals surface area contributed by atoms with E-state index in [-0.39, 0.29) is 0 Å². The van der Waals surface area contributed by atoms with Gasteiger partial charge in [0.15, 0.2) is 0 Å². The molecule has 0 N–H and O–H groups in total. The van der Waals surface area contributed by atoms with Gasteiger partial charge in [0.2, 0.25) is 0 Å². The molecule has 1 nitrogen and oxygen atoms in total. The number of rotatable bonds is 2. The molecule has 0 aliphatic heterocycles. The molecule has 0 spiro atoms. The highest BCUT2D eigenvalue weighted by Crippen LogP contribution is 2.22. The number of hydrogen-bond acceptors (Lipinski definition) is 1. The lowest BCUT2D eigenvalue weighted by Gasteiger charge is -2.11. The van der Waals surface area contributed by atoms with Crippen LogP contribution in [0.3, 0.4) is 0 Å². The SMILES string of the molecule is C/C(=C\C=O)C1=CCCCC1. The van der Waals surface area contributed by atoms with Crippen molar-refractivity contribution in [2.24, 2.45) is 0 Å². The van der Waals surface area contributed by atoms with Crippen LogP contribution in [-0.4, -0.2) is 6.29 Å². The summed E-state index contributed by atoms with van der Waals surface area (Å²) in [6.45, 7) is 2.01. The van der Waals surface area contributed by atoms with E-state index in [2.05, 4.69) is 6.08 Å². The van der Waals surface area contributed by atoms with E-state index < -0.39 is 0 Å². The van der Waals surface area contributed by atoms with Gasteiger partial charge in [-0.3, -0.25) is 4.79 Å². The molecule has 60 valence electrons. The van der Waals surface area contributed by atoms with Crippen LogP contribution in [0.15, 0.2) is 23.3 Å². The van der Waals surface area contributed by atoms with Crippen molar-refractivity contribution >= 4 is 6.29 Å². The lowest BCUT2D eigenvalue weighted by molar-refractivity contribution is -0.104. The summed E-state index contributed by atoms with van der Waals surface area (Å²) in [7, 11) is 0. The van der Waals surface area contributed by atoms with Gasteiger partial charge < -0.3 is 0 Å². The predicted molar refractivity (Wildman–Crippen MR) is 46.4 cm³/mol. The molecule has 11 heavy (non-hydrogen) atoms. The van der Waals surface area contributed by atoms with Gasteiger partial charge >= 0.3 is 0 Å². The Morgan fingerprint density at radius 3 is 2.91 bits per heavy atom. The van der Waals surface area contributed by atoms with Crippen molar-refractivity contribution in [1.29, 1.82) is 0 Å². The lowest BCUT2D eigenvalue weighted by Crippen LogP contribution is -1.93. The van der Waals surface area contributed by atoms with Crippen molar-refractivity contribution in [2.45, 2.75) is 32.6 Å². The number of allylic oxidation sites excluding steroid dienone is 4. The van der Waals surface area contributed by atoms with E-state index in [0.29, 0.717) is 0 Å². The summed E-state index contributed by atoms with van der Waals surface area (Å²) in [5, 5.41) is 0. The average Bonchev–Trinajstić information content (AvgIpc) is 2.07. The summed E-state index contributed by atoms with van der Waals surface area (Å²) in [5.41, 5.74) is 2.50. The maximum Gasteiger partial charge on any atom is 0.143 e. The fourth-order valence-corrected chi connectivity index (χ4v) is 1.41. The van der Waals surface area contributed by atoms with Gasteiger partial charge in [0.05, 0.1) is 0 Å². The second-order valence-corrected chi connectivity index (χ2v) is 2.96. The molecular formula is C10H14O. The maximum absolute atomic E-state index is 10.2. The van der Waals surface area contributed by atoms with Gasteiger partial charge in [-0.25, -0.2) is 0 Å². The second-order valence-electron chi connectivity index (χ2n) is 2.96. The Labute approximate surface area is 67.8 Å². The number of aldehydes is 1. The van der Waals surface area contributed by atoms with Crippen LogP contribution in [0.25, 0.3) is 0 Å². The van der Waals surface area contributed by atoms with Gasteiger partial charge in [0, 0.05) is 0 Å². The van der Waals surface area contributed by atoms with Crippen LogP contribution in [0.4, 0.5) is 0 Å². The van der Waals surface area contributed by atoms with Gasteiger partial charge in [-0.2, -0.15) is 0 Å². The van der Waals surface area contributed by atoms with Crippen molar-refractivity contribution in [2.75, 3.05) is 0 Å². The van der Waals surface area contributed by atoms with Gasteiger partial charge in [-0.15, -0.1) is 0 Å². The first kappa shape index (κ1) is 8.25. The molecule has 1 aliphatic carbocycles. The highest BCUT2D eigenvalue weighted by atomic mass is 16.1. The topological polar surface area (TPSA) is 17.1 Å². The molecule has 0 unspecified atom stereocenters. The molecule has 0 fully saturated rings. The van der Waals surface area contributed by atoms with Crippen LogP contribution >= 0.6 is 0 Å². The third-order valence-corrected chi connectivity index (χ3v) is 2.12. The Kier molecular flexibility index (Phi) is 3.09. The molecule has 0 radical (unpaired) electrons. The zero-order chi connectivity index (χ0) is 8.10. The Hall–Kier alpha value is -0.850. The van der Waals surface area contributed by atoms with Crippen molar-refractivity contribution in [3.05, 3.63) is 23.3 Å². The van der Waals surface area contributed by atoms with Crippen LogP contribution in [0.5, 0.6) is 0 Å². The normalized spacial score (nSPS) is 19.4. The number of carbonyl (C=O) groups excluding carboxylic acids is 1. The fourth-order valence-electron chi connectivity index (χ4n) is 1.41. The fraction of sp³-hybridized carbons (Fsp3) is 0.500. The highest BCUT2D eigenvalue weighted by molar-refractivity contribution is 5.67. The van der Waals surface area contributed by atoms with Crippen molar-refractivity contribution in [3.63, 3.8) is 0 Å². The predicted octanol–water partition coefficient (Wildman–Crippen LogP) is 2.63. The zero-order valence-corrected chi connectivity index (χ0v) is 6.97. The van der Waals surface area contributed by atoms with Crippen LogP contribution < -0.4 is 0 Å². The largest absolute Gasteiger partial charge is 0.299 e. The third-order valence-electron chi connectivity index (χ3n) is 2.12. The van der Waals surface area contributed by atoms with E-state index in [4.69, 9.17) is 0 Å². The molecule has 0 aromatic heterocycles. The Bertz CT molecular complexity index is 199. The molecule has 0 atom stereocenters. The van der Waals surface area contributed by atoms with Crippen LogP contribution in [0, 0.1) is 0 Å². The van der Waals surface area contributed by atoms with Crippen molar-refractivity contribution in [3.8, 4) is 0 Å². The minimum absolute atomic E-state index is 0.866. The molecule has 0 bridgehead atoms. The molecule has 1 rings (SSSR count). The standard InChI is InChI=1S/C10H14O/c1-9(7-8-11)10-5-3-2-4-6-10/h5,7-8H,2-4,6H2,1H3/b9-7+. The van der Waals surface area contributed by atoms with Crippen LogP contribution in [0.2, 0.25) is 0 Å². The Balaban J connectivity index is 2.64. The van der Waals surface area contributed by atoms with E-state index in [1.54, 1.807) is 6.08 Å².